The average Bonchev–Trinajstić information content (AvgIpc) is 2.11. The molecule has 0 aromatic carbocycles. The molecule has 1 atom stereocenters. The second-order valence-electron chi connectivity index (χ2n) is 3.44. The van der Waals surface area contributed by atoms with Crippen molar-refractivity contribution in [1.29, 1.82) is 0 Å². The molecule has 0 aliphatic carbocycles. The second kappa shape index (κ2) is 6.38. The van der Waals surface area contributed by atoms with E-state index in [4.69, 9.17) is 5.73 Å². The standard InChI is InChI=1S/C9H21NO2S/c1-3-9(2)13(11,12)8-6-4-5-7-10/h9H,3-8,10H2,1-2H3. The van der Waals surface area contributed by atoms with Crippen molar-refractivity contribution in [3.63, 3.8) is 0 Å². The van der Waals surface area contributed by atoms with E-state index in [0.29, 0.717) is 18.7 Å². The molecule has 0 saturated heterocycles. The molecule has 0 heterocycles. The van der Waals surface area contributed by atoms with Crippen molar-refractivity contribution in [3.8, 4) is 0 Å². The first kappa shape index (κ1) is 12.9. The summed E-state index contributed by atoms with van der Waals surface area (Å²) in [6.07, 6.45) is 3.31. The van der Waals surface area contributed by atoms with E-state index in [1.807, 2.05) is 6.92 Å². The molecule has 13 heavy (non-hydrogen) atoms. The molecule has 0 rings (SSSR count). The predicted octanol–water partition coefficient (Wildman–Crippen LogP) is 1.33. The third-order valence-corrected chi connectivity index (χ3v) is 4.74. The Bertz CT molecular complexity index is 212. The van der Waals surface area contributed by atoms with Crippen LogP contribution in [0.1, 0.15) is 39.5 Å². The minimum Gasteiger partial charge on any atom is -0.330 e. The Morgan fingerprint density at radius 2 is 1.85 bits per heavy atom. The summed E-state index contributed by atoms with van der Waals surface area (Å²) in [5, 5.41) is -0.189. The highest BCUT2D eigenvalue weighted by Crippen LogP contribution is 2.08. The van der Waals surface area contributed by atoms with Gasteiger partial charge in [-0.25, -0.2) is 8.42 Å². The Morgan fingerprint density at radius 1 is 1.23 bits per heavy atom. The van der Waals surface area contributed by atoms with Gasteiger partial charge in [0.1, 0.15) is 0 Å². The minimum atomic E-state index is -2.83. The van der Waals surface area contributed by atoms with E-state index < -0.39 is 9.84 Å². The maximum Gasteiger partial charge on any atom is 0.152 e. The lowest BCUT2D eigenvalue weighted by Gasteiger charge is -2.09. The number of rotatable bonds is 7. The van der Waals surface area contributed by atoms with Crippen LogP contribution in [0.5, 0.6) is 0 Å². The van der Waals surface area contributed by atoms with Gasteiger partial charge in [-0.15, -0.1) is 0 Å². The second-order valence-corrected chi connectivity index (χ2v) is 5.97. The molecule has 2 N–H and O–H groups in total. The van der Waals surface area contributed by atoms with Crippen LogP contribution in [-0.4, -0.2) is 26.0 Å². The third-order valence-electron chi connectivity index (χ3n) is 2.32. The Kier molecular flexibility index (Phi) is 6.33. The molecule has 0 saturated carbocycles. The van der Waals surface area contributed by atoms with Crippen molar-refractivity contribution in [2.24, 2.45) is 5.73 Å². The van der Waals surface area contributed by atoms with Crippen molar-refractivity contribution >= 4 is 9.84 Å². The highest BCUT2D eigenvalue weighted by Gasteiger charge is 2.17. The normalized spacial score (nSPS) is 14.4. The van der Waals surface area contributed by atoms with Gasteiger partial charge in [-0.2, -0.15) is 0 Å². The maximum atomic E-state index is 11.5. The van der Waals surface area contributed by atoms with Gasteiger partial charge in [-0.1, -0.05) is 13.3 Å². The van der Waals surface area contributed by atoms with Crippen LogP contribution in [0.3, 0.4) is 0 Å². The zero-order chi connectivity index (χ0) is 10.3. The van der Waals surface area contributed by atoms with E-state index >= 15 is 0 Å². The predicted molar refractivity (Wildman–Crippen MR) is 56.4 cm³/mol. The van der Waals surface area contributed by atoms with Crippen LogP contribution in [0, 0.1) is 0 Å². The van der Waals surface area contributed by atoms with Gasteiger partial charge in [0.25, 0.3) is 0 Å². The quantitative estimate of drug-likeness (QED) is 0.641. The first-order chi connectivity index (χ1) is 6.04. The maximum absolute atomic E-state index is 11.5. The summed E-state index contributed by atoms with van der Waals surface area (Å²) in [6.45, 7) is 4.34. The highest BCUT2D eigenvalue weighted by atomic mass is 32.2. The Morgan fingerprint density at radius 3 is 2.31 bits per heavy atom. The van der Waals surface area contributed by atoms with Gasteiger partial charge >= 0.3 is 0 Å². The fraction of sp³-hybridized carbons (Fsp3) is 1.00. The van der Waals surface area contributed by atoms with E-state index in [1.54, 1.807) is 6.92 Å². The van der Waals surface area contributed by atoms with Gasteiger partial charge in [0.15, 0.2) is 9.84 Å². The molecule has 80 valence electrons. The van der Waals surface area contributed by atoms with Gasteiger partial charge < -0.3 is 5.73 Å². The first-order valence-corrected chi connectivity index (χ1v) is 6.67. The summed E-state index contributed by atoms with van der Waals surface area (Å²) < 4.78 is 23.0. The molecule has 0 fully saturated rings. The van der Waals surface area contributed by atoms with E-state index in [1.165, 1.54) is 0 Å². The lowest BCUT2D eigenvalue weighted by molar-refractivity contribution is 0.575. The van der Waals surface area contributed by atoms with E-state index in [2.05, 4.69) is 0 Å². The summed E-state index contributed by atoms with van der Waals surface area (Å²) in [7, 11) is -2.83. The Balaban J connectivity index is 3.77. The fourth-order valence-electron chi connectivity index (χ4n) is 1.08. The van der Waals surface area contributed by atoms with Gasteiger partial charge in [-0.05, 0) is 32.7 Å². The zero-order valence-electron chi connectivity index (χ0n) is 8.62. The molecular weight excluding hydrogens is 186 g/mol. The topological polar surface area (TPSA) is 60.2 Å². The third kappa shape index (κ3) is 5.26. The van der Waals surface area contributed by atoms with Crippen LogP contribution in [0.2, 0.25) is 0 Å². The molecule has 1 unspecified atom stereocenters. The number of hydrogen-bond donors (Lipinski definition) is 1. The van der Waals surface area contributed by atoms with Crippen molar-refractivity contribution < 1.29 is 8.42 Å². The van der Waals surface area contributed by atoms with Crippen LogP contribution >= 0.6 is 0 Å². The van der Waals surface area contributed by atoms with Crippen LogP contribution in [0.4, 0.5) is 0 Å². The minimum absolute atomic E-state index is 0.189. The SMILES string of the molecule is CCC(C)S(=O)(=O)CCCCCN. The molecule has 0 aliphatic rings. The van der Waals surface area contributed by atoms with Gasteiger partial charge in [0.2, 0.25) is 0 Å². The summed E-state index contributed by atoms with van der Waals surface area (Å²) in [6, 6.07) is 0. The number of nitrogens with two attached hydrogens (primary N) is 1. The Hall–Kier alpha value is -0.0900. The average molecular weight is 207 g/mol. The van der Waals surface area contributed by atoms with Crippen molar-refractivity contribution in [2.75, 3.05) is 12.3 Å². The van der Waals surface area contributed by atoms with E-state index in [-0.39, 0.29) is 5.25 Å². The van der Waals surface area contributed by atoms with Gasteiger partial charge in [0.05, 0.1) is 11.0 Å². The first-order valence-electron chi connectivity index (χ1n) is 4.96. The monoisotopic (exact) mass is 207 g/mol. The lowest BCUT2D eigenvalue weighted by atomic mass is 10.2. The lowest BCUT2D eigenvalue weighted by Crippen LogP contribution is -2.20. The molecule has 0 radical (unpaired) electrons. The van der Waals surface area contributed by atoms with Crippen LogP contribution in [0.25, 0.3) is 0 Å². The largest absolute Gasteiger partial charge is 0.330 e. The Labute approximate surface area is 81.6 Å². The molecule has 0 amide bonds. The van der Waals surface area contributed by atoms with Crippen LogP contribution in [0.15, 0.2) is 0 Å². The number of sulfone groups is 1. The van der Waals surface area contributed by atoms with E-state index in [9.17, 15) is 8.42 Å². The molecule has 0 bridgehead atoms. The van der Waals surface area contributed by atoms with Gasteiger partial charge in [-0.3, -0.25) is 0 Å². The fourth-order valence-corrected chi connectivity index (χ4v) is 2.60. The smallest absolute Gasteiger partial charge is 0.152 e. The molecule has 0 aliphatic heterocycles. The molecule has 0 spiro atoms. The van der Waals surface area contributed by atoms with Crippen molar-refractivity contribution in [2.45, 2.75) is 44.8 Å². The number of unbranched alkanes of at least 4 members (excludes halogenated alkanes) is 2. The molecule has 3 nitrogen and oxygen atoms in total. The molecular formula is C9H21NO2S. The molecule has 4 heteroatoms. The van der Waals surface area contributed by atoms with Crippen molar-refractivity contribution in [1.82, 2.24) is 0 Å². The number of hydrogen-bond acceptors (Lipinski definition) is 3. The summed E-state index contributed by atoms with van der Waals surface area (Å²) in [5.74, 6) is 0.321. The van der Waals surface area contributed by atoms with Crippen LogP contribution in [-0.2, 0) is 9.84 Å². The zero-order valence-corrected chi connectivity index (χ0v) is 9.44. The van der Waals surface area contributed by atoms with Gasteiger partial charge in [0, 0.05) is 0 Å². The van der Waals surface area contributed by atoms with Crippen LogP contribution < -0.4 is 5.73 Å². The summed E-state index contributed by atoms with van der Waals surface area (Å²) in [4.78, 5) is 0. The molecule has 0 aromatic rings. The summed E-state index contributed by atoms with van der Waals surface area (Å²) >= 11 is 0. The van der Waals surface area contributed by atoms with E-state index in [0.717, 1.165) is 19.3 Å². The summed E-state index contributed by atoms with van der Waals surface area (Å²) in [5.41, 5.74) is 5.31. The highest BCUT2D eigenvalue weighted by molar-refractivity contribution is 7.91. The molecule has 0 aromatic heterocycles. The van der Waals surface area contributed by atoms with Crippen molar-refractivity contribution in [3.05, 3.63) is 0 Å².